The van der Waals surface area contributed by atoms with Gasteiger partial charge in [0.2, 0.25) is 0 Å². The van der Waals surface area contributed by atoms with Gasteiger partial charge in [0, 0.05) is 30.9 Å². The van der Waals surface area contributed by atoms with Crippen molar-refractivity contribution in [1.82, 2.24) is 15.5 Å². The van der Waals surface area contributed by atoms with Crippen molar-refractivity contribution >= 4 is 41.7 Å². The Morgan fingerprint density at radius 1 is 1.26 bits per heavy atom. The first kappa shape index (κ1) is 21.4. The molecule has 2 fully saturated rings. The number of guanidine groups is 1. The number of likely N-dealkylation sites (tertiary alicyclic amines) is 1. The maximum Gasteiger partial charge on any atom is 0.191 e. The molecule has 0 saturated carbocycles. The second-order valence-electron chi connectivity index (χ2n) is 6.92. The number of hydrogen-bond donors (Lipinski definition) is 2. The fraction of sp³-hybridized carbons (Fsp3) is 0.941. The molecule has 2 N–H and O–H groups in total. The van der Waals surface area contributed by atoms with Crippen LogP contribution >= 0.6 is 35.7 Å². The van der Waals surface area contributed by atoms with Crippen molar-refractivity contribution in [2.24, 2.45) is 10.9 Å². The molecule has 2 rings (SSSR count). The number of hydrogen-bond acceptors (Lipinski definition) is 3. The summed E-state index contributed by atoms with van der Waals surface area (Å²) in [5.74, 6) is 3.08. The molecule has 2 aliphatic rings. The highest BCUT2D eigenvalue weighted by atomic mass is 127. The van der Waals surface area contributed by atoms with Gasteiger partial charge in [-0.2, -0.15) is 11.8 Å². The van der Waals surface area contributed by atoms with Crippen LogP contribution in [0.5, 0.6) is 0 Å². The normalized spacial score (nSPS) is 25.7. The minimum absolute atomic E-state index is 0. The van der Waals surface area contributed by atoms with Gasteiger partial charge in [0.1, 0.15) is 0 Å². The quantitative estimate of drug-likeness (QED) is 0.352. The Balaban J connectivity index is 0.00000264. The van der Waals surface area contributed by atoms with Crippen LogP contribution in [0.4, 0.5) is 0 Å². The molecule has 23 heavy (non-hydrogen) atoms. The molecule has 2 atom stereocenters. The number of aliphatic imine (C=N–C) groups is 1. The molecule has 1 unspecified atom stereocenters. The van der Waals surface area contributed by atoms with Gasteiger partial charge < -0.3 is 10.6 Å². The van der Waals surface area contributed by atoms with Crippen molar-refractivity contribution < 1.29 is 0 Å². The molecule has 0 bridgehead atoms. The smallest absolute Gasteiger partial charge is 0.191 e. The van der Waals surface area contributed by atoms with E-state index in [2.05, 4.69) is 48.1 Å². The monoisotopic (exact) mass is 454 g/mol. The van der Waals surface area contributed by atoms with Gasteiger partial charge >= 0.3 is 0 Å². The Labute approximate surface area is 164 Å². The average Bonchev–Trinajstić information content (AvgIpc) is 3.13. The van der Waals surface area contributed by atoms with E-state index in [0.717, 1.165) is 36.8 Å². The summed E-state index contributed by atoms with van der Waals surface area (Å²) in [6.07, 6.45) is 5.35. The summed E-state index contributed by atoms with van der Waals surface area (Å²) in [7, 11) is 0. The zero-order valence-corrected chi connectivity index (χ0v) is 18.2. The zero-order chi connectivity index (χ0) is 15.8. The molecular weight excluding hydrogens is 419 g/mol. The molecule has 4 nitrogen and oxygen atoms in total. The van der Waals surface area contributed by atoms with Crippen LogP contribution < -0.4 is 10.6 Å². The highest BCUT2D eigenvalue weighted by Gasteiger charge is 2.24. The molecule has 0 spiro atoms. The maximum atomic E-state index is 4.86. The second kappa shape index (κ2) is 11.8. The van der Waals surface area contributed by atoms with Gasteiger partial charge in [-0.3, -0.25) is 9.89 Å². The molecule has 0 aromatic rings. The number of nitrogens with one attached hydrogen (secondary N) is 2. The van der Waals surface area contributed by atoms with E-state index in [1.165, 1.54) is 44.5 Å². The standard InChI is InChI=1S/C17H34N4S.HI/c1-4-18-17(20-12-16-8-6-10-22-16)19-11-15-7-5-9-21(15)13-14(2)3;/h14-16H,4-13H2,1-3H3,(H2,18,19,20);1H/t15-,16?;/m1./s1. The Hall–Kier alpha value is 0.310. The molecule has 6 heteroatoms. The maximum absolute atomic E-state index is 4.86. The lowest BCUT2D eigenvalue weighted by atomic mass is 10.2. The summed E-state index contributed by atoms with van der Waals surface area (Å²) in [5, 5.41) is 7.71. The third kappa shape index (κ3) is 7.82. The van der Waals surface area contributed by atoms with Gasteiger partial charge in [-0.15, -0.1) is 24.0 Å². The summed E-state index contributed by atoms with van der Waals surface area (Å²) >= 11 is 2.10. The van der Waals surface area contributed by atoms with Crippen molar-refractivity contribution in [3.8, 4) is 0 Å². The van der Waals surface area contributed by atoms with Crippen LogP contribution in [0.1, 0.15) is 46.5 Å². The van der Waals surface area contributed by atoms with Crippen LogP contribution in [-0.4, -0.2) is 60.6 Å². The first-order valence-electron chi connectivity index (χ1n) is 9.07. The molecular formula is C17H35IN4S. The van der Waals surface area contributed by atoms with Crippen LogP contribution in [0.15, 0.2) is 4.99 Å². The topological polar surface area (TPSA) is 39.7 Å². The van der Waals surface area contributed by atoms with Crippen molar-refractivity contribution in [1.29, 1.82) is 0 Å². The molecule has 0 aliphatic carbocycles. The average molecular weight is 454 g/mol. The van der Waals surface area contributed by atoms with Crippen LogP contribution in [0.2, 0.25) is 0 Å². The summed E-state index contributed by atoms with van der Waals surface area (Å²) in [6, 6.07) is 0.638. The predicted molar refractivity (Wildman–Crippen MR) is 114 cm³/mol. The summed E-state index contributed by atoms with van der Waals surface area (Å²) < 4.78 is 0. The lowest BCUT2D eigenvalue weighted by molar-refractivity contribution is 0.231. The van der Waals surface area contributed by atoms with Gasteiger partial charge in [0.25, 0.3) is 0 Å². The van der Waals surface area contributed by atoms with Crippen LogP contribution in [-0.2, 0) is 0 Å². The van der Waals surface area contributed by atoms with Gasteiger partial charge in [-0.05, 0) is 50.8 Å². The van der Waals surface area contributed by atoms with Gasteiger partial charge in [0.05, 0.1) is 6.54 Å². The molecule has 0 aromatic carbocycles. The molecule has 0 amide bonds. The second-order valence-corrected chi connectivity index (χ2v) is 8.33. The van der Waals surface area contributed by atoms with E-state index in [1.54, 1.807) is 0 Å². The first-order chi connectivity index (χ1) is 10.7. The highest BCUT2D eigenvalue weighted by Crippen LogP contribution is 2.25. The number of thioether (sulfide) groups is 1. The third-order valence-corrected chi connectivity index (χ3v) is 5.82. The summed E-state index contributed by atoms with van der Waals surface area (Å²) in [4.78, 5) is 7.49. The molecule has 0 radical (unpaired) electrons. The molecule has 2 saturated heterocycles. The largest absolute Gasteiger partial charge is 0.357 e. The van der Waals surface area contributed by atoms with Gasteiger partial charge in [-0.25, -0.2) is 0 Å². The lowest BCUT2D eigenvalue weighted by Crippen LogP contribution is -2.41. The predicted octanol–water partition coefficient (Wildman–Crippen LogP) is 3.18. The van der Waals surface area contributed by atoms with Crippen LogP contribution in [0.3, 0.4) is 0 Å². The Kier molecular flexibility index (Phi) is 10.9. The fourth-order valence-corrected chi connectivity index (χ4v) is 4.57. The number of nitrogens with zero attached hydrogens (tertiary/aromatic N) is 2. The Bertz CT molecular complexity index is 345. The SMILES string of the molecule is CCNC(=NC[C@H]1CCCN1CC(C)C)NCC1CCCS1.I. The van der Waals surface area contributed by atoms with Crippen molar-refractivity contribution in [3.05, 3.63) is 0 Å². The van der Waals surface area contributed by atoms with Gasteiger partial charge in [0.15, 0.2) is 5.96 Å². The van der Waals surface area contributed by atoms with Crippen LogP contribution in [0, 0.1) is 5.92 Å². The molecule has 136 valence electrons. The fourth-order valence-electron chi connectivity index (χ4n) is 3.37. The van der Waals surface area contributed by atoms with Crippen molar-refractivity contribution in [3.63, 3.8) is 0 Å². The van der Waals surface area contributed by atoms with E-state index < -0.39 is 0 Å². The minimum atomic E-state index is 0. The Morgan fingerprint density at radius 2 is 2.09 bits per heavy atom. The van der Waals surface area contributed by atoms with E-state index in [-0.39, 0.29) is 24.0 Å². The minimum Gasteiger partial charge on any atom is -0.357 e. The third-order valence-electron chi connectivity index (χ3n) is 4.42. The van der Waals surface area contributed by atoms with E-state index in [1.807, 2.05) is 0 Å². The van der Waals surface area contributed by atoms with Crippen LogP contribution in [0.25, 0.3) is 0 Å². The molecule has 0 aromatic heterocycles. The van der Waals surface area contributed by atoms with Crippen molar-refractivity contribution in [2.75, 3.05) is 38.5 Å². The lowest BCUT2D eigenvalue weighted by Gasteiger charge is -2.25. The highest BCUT2D eigenvalue weighted by molar-refractivity contribution is 14.0. The molecule has 2 heterocycles. The molecule has 2 aliphatic heterocycles. The number of rotatable bonds is 7. The number of halogens is 1. The summed E-state index contributed by atoms with van der Waals surface area (Å²) in [5.41, 5.74) is 0. The van der Waals surface area contributed by atoms with E-state index in [0.29, 0.717) is 6.04 Å². The van der Waals surface area contributed by atoms with E-state index in [4.69, 9.17) is 4.99 Å². The van der Waals surface area contributed by atoms with E-state index >= 15 is 0 Å². The first-order valence-corrected chi connectivity index (χ1v) is 10.1. The zero-order valence-electron chi connectivity index (χ0n) is 15.0. The van der Waals surface area contributed by atoms with Gasteiger partial charge in [-0.1, -0.05) is 13.8 Å². The van der Waals surface area contributed by atoms with E-state index in [9.17, 15) is 0 Å². The summed E-state index contributed by atoms with van der Waals surface area (Å²) in [6.45, 7) is 12.1. The van der Waals surface area contributed by atoms with Crippen molar-refractivity contribution in [2.45, 2.75) is 57.7 Å². The Morgan fingerprint density at radius 3 is 2.74 bits per heavy atom.